The lowest BCUT2D eigenvalue weighted by Gasteiger charge is -2.14. The Morgan fingerprint density at radius 2 is 2.15 bits per heavy atom. The van der Waals surface area contributed by atoms with Gasteiger partial charge in [0.2, 0.25) is 5.13 Å². The van der Waals surface area contributed by atoms with E-state index in [9.17, 15) is 4.79 Å². The van der Waals surface area contributed by atoms with Crippen LogP contribution in [0.5, 0.6) is 11.5 Å². The first-order valence-electron chi connectivity index (χ1n) is 8.17. The first-order chi connectivity index (χ1) is 12.9. The molecule has 10 heteroatoms. The van der Waals surface area contributed by atoms with Gasteiger partial charge >= 0.3 is 5.97 Å². The molecule has 0 fully saturated rings. The van der Waals surface area contributed by atoms with Crippen LogP contribution >= 0.6 is 27.3 Å². The summed E-state index contributed by atoms with van der Waals surface area (Å²) in [5, 5.41) is 6.45. The molecule has 0 amide bonds. The number of carbonyl (C=O) groups excluding carboxylic acids is 1. The molecule has 2 aromatic rings. The Morgan fingerprint density at radius 3 is 2.78 bits per heavy atom. The zero-order chi connectivity index (χ0) is 19.8. The summed E-state index contributed by atoms with van der Waals surface area (Å²) in [6, 6.07) is 3.48. The van der Waals surface area contributed by atoms with Gasteiger partial charge in [-0.25, -0.2) is 9.78 Å². The fourth-order valence-corrected chi connectivity index (χ4v) is 2.93. The standard InChI is InChI=1S/C17H21BrN4O4S/c1-4-24-13-5-11(7-20-22-17-21-15(19)9-27-17)12(18)6-14(13)25-8-16(23)26-10(2)3/h5-7,9-10H,4,8,19H2,1-3H3,(H,21,22). The van der Waals surface area contributed by atoms with E-state index >= 15 is 0 Å². The number of anilines is 2. The van der Waals surface area contributed by atoms with Crippen molar-refractivity contribution in [2.45, 2.75) is 26.9 Å². The maximum absolute atomic E-state index is 11.7. The van der Waals surface area contributed by atoms with Crippen LogP contribution in [0.4, 0.5) is 10.9 Å². The molecule has 0 atom stereocenters. The molecule has 1 heterocycles. The molecule has 8 nitrogen and oxygen atoms in total. The van der Waals surface area contributed by atoms with E-state index in [1.807, 2.05) is 6.92 Å². The fourth-order valence-electron chi connectivity index (χ4n) is 1.96. The lowest BCUT2D eigenvalue weighted by atomic mass is 10.2. The second kappa shape index (κ2) is 10.1. The number of rotatable bonds is 9. The van der Waals surface area contributed by atoms with E-state index < -0.39 is 5.97 Å². The highest BCUT2D eigenvalue weighted by molar-refractivity contribution is 9.10. The van der Waals surface area contributed by atoms with Crippen LogP contribution < -0.4 is 20.6 Å². The smallest absolute Gasteiger partial charge is 0.344 e. The second-order valence-corrected chi connectivity index (χ2v) is 7.24. The highest BCUT2D eigenvalue weighted by Crippen LogP contribution is 2.33. The summed E-state index contributed by atoms with van der Waals surface area (Å²) < 4.78 is 16.9. The van der Waals surface area contributed by atoms with Gasteiger partial charge in [0.1, 0.15) is 5.82 Å². The maximum Gasteiger partial charge on any atom is 0.344 e. The van der Waals surface area contributed by atoms with Crippen molar-refractivity contribution in [3.8, 4) is 11.5 Å². The van der Waals surface area contributed by atoms with E-state index in [0.29, 0.717) is 29.1 Å². The van der Waals surface area contributed by atoms with Crippen molar-refractivity contribution in [3.05, 3.63) is 27.5 Å². The van der Waals surface area contributed by atoms with E-state index in [2.05, 4.69) is 31.4 Å². The fraction of sp³-hybridized carbons (Fsp3) is 0.353. The number of halogens is 1. The molecule has 1 aromatic heterocycles. The number of aromatic nitrogens is 1. The Hall–Kier alpha value is -2.33. The van der Waals surface area contributed by atoms with Gasteiger partial charge in [0, 0.05) is 15.4 Å². The largest absolute Gasteiger partial charge is 0.490 e. The SMILES string of the molecule is CCOc1cc(C=NNc2nc(N)cs2)c(Br)cc1OCC(=O)OC(C)C. The summed E-state index contributed by atoms with van der Waals surface area (Å²) in [6.45, 7) is 5.67. The Labute approximate surface area is 169 Å². The molecule has 0 saturated heterocycles. The van der Waals surface area contributed by atoms with Gasteiger partial charge in [-0.2, -0.15) is 5.10 Å². The third-order valence-electron chi connectivity index (χ3n) is 2.96. The minimum atomic E-state index is -0.443. The summed E-state index contributed by atoms with van der Waals surface area (Å²) in [5.41, 5.74) is 9.13. The van der Waals surface area contributed by atoms with Gasteiger partial charge in [0.15, 0.2) is 18.1 Å². The van der Waals surface area contributed by atoms with Gasteiger partial charge in [-0.15, -0.1) is 11.3 Å². The number of esters is 1. The number of nitrogen functional groups attached to an aromatic ring is 1. The highest BCUT2D eigenvalue weighted by Gasteiger charge is 2.13. The lowest BCUT2D eigenvalue weighted by Crippen LogP contribution is -2.19. The second-order valence-electron chi connectivity index (χ2n) is 5.53. The van der Waals surface area contributed by atoms with E-state index in [0.717, 1.165) is 10.0 Å². The van der Waals surface area contributed by atoms with Crippen molar-refractivity contribution >= 4 is 50.4 Å². The normalized spacial score (nSPS) is 11.0. The molecule has 2 rings (SSSR count). The van der Waals surface area contributed by atoms with E-state index in [4.69, 9.17) is 19.9 Å². The molecule has 0 aliphatic rings. The molecule has 0 spiro atoms. The predicted molar refractivity (Wildman–Crippen MR) is 110 cm³/mol. The molecule has 0 unspecified atom stereocenters. The molecule has 3 N–H and O–H groups in total. The minimum Gasteiger partial charge on any atom is -0.490 e. The molecule has 0 bridgehead atoms. The van der Waals surface area contributed by atoms with E-state index in [-0.39, 0.29) is 12.7 Å². The molecule has 0 saturated carbocycles. The molecular weight excluding hydrogens is 436 g/mol. The number of hydrogen-bond acceptors (Lipinski definition) is 9. The monoisotopic (exact) mass is 456 g/mol. The Morgan fingerprint density at radius 1 is 1.41 bits per heavy atom. The third-order valence-corrected chi connectivity index (χ3v) is 4.41. The third kappa shape index (κ3) is 6.72. The number of thiazole rings is 1. The molecule has 146 valence electrons. The van der Waals surface area contributed by atoms with Gasteiger partial charge in [-0.1, -0.05) is 0 Å². The van der Waals surface area contributed by atoms with Gasteiger partial charge in [-0.05, 0) is 48.8 Å². The van der Waals surface area contributed by atoms with Crippen LogP contribution in [-0.4, -0.2) is 36.5 Å². The summed E-state index contributed by atoms with van der Waals surface area (Å²) in [7, 11) is 0. The van der Waals surface area contributed by atoms with E-state index in [1.165, 1.54) is 11.3 Å². The Balaban J connectivity index is 2.10. The average molecular weight is 457 g/mol. The molecule has 27 heavy (non-hydrogen) atoms. The molecule has 1 aromatic carbocycles. The number of nitrogens with zero attached hydrogens (tertiary/aromatic N) is 2. The Bertz CT molecular complexity index is 810. The summed E-state index contributed by atoms with van der Waals surface area (Å²) in [4.78, 5) is 15.7. The molecule has 0 aliphatic heterocycles. The van der Waals surface area contributed by atoms with E-state index in [1.54, 1.807) is 37.6 Å². The number of benzene rings is 1. The van der Waals surface area contributed by atoms with Crippen molar-refractivity contribution in [1.29, 1.82) is 0 Å². The van der Waals surface area contributed by atoms with Crippen LogP contribution in [0.15, 0.2) is 27.1 Å². The zero-order valence-electron chi connectivity index (χ0n) is 15.2. The summed E-state index contributed by atoms with van der Waals surface area (Å²) >= 11 is 4.82. The van der Waals surface area contributed by atoms with Crippen LogP contribution in [0.25, 0.3) is 0 Å². The molecule has 0 aliphatic carbocycles. The van der Waals surface area contributed by atoms with Crippen LogP contribution in [0.2, 0.25) is 0 Å². The molecular formula is C17H21BrN4O4S. The number of nitrogens with one attached hydrogen (secondary N) is 1. The predicted octanol–water partition coefficient (Wildman–Crippen LogP) is 3.66. The molecule has 0 radical (unpaired) electrons. The van der Waals surface area contributed by atoms with Crippen molar-refractivity contribution < 1.29 is 19.0 Å². The van der Waals surface area contributed by atoms with Gasteiger partial charge < -0.3 is 19.9 Å². The highest BCUT2D eigenvalue weighted by atomic mass is 79.9. The number of ether oxygens (including phenoxy) is 3. The quantitative estimate of drug-likeness (QED) is 0.336. The first kappa shape index (κ1) is 21.0. The lowest BCUT2D eigenvalue weighted by molar-refractivity contribution is -0.149. The van der Waals surface area contributed by atoms with Gasteiger partial charge in [0.05, 0.1) is 18.9 Å². The van der Waals surface area contributed by atoms with Crippen LogP contribution in [0, 0.1) is 0 Å². The van der Waals surface area contributed by atoms with Crippen molar-refractivity contribution in [3.63, 3.8) is 0 Å². The average Bonchev–Trinajstić information content (AvgIpc) is 3.01. The Kier molecular flexibility index (Phi) is 7.86. The number of carbonyl (C=O) groups is 1. The van der Waals surface area contributed by atoms with Crippen LogP contribution in [0.1, 0.15) is 26.3 Å². The summed E-state index contributed by atoms with van der Waals surface area (Å²) in [5.74, 6) is 0.927. The van der Waals surface area contributed by atoms with Crippen molar-refractivity contribution in [2.75, 3.05) is 24.4 Å². The number of hydrogen-bond donors (Lipinski definition) is 2. The minimum absolute atomic E-state index is 0.196. The van der Waals surface area contributed by atoms with Crippen LogP contribution in [-0.2, 0) is 9.53 Å². The van der Waals surface area contributed by atoms with Gasteiger partial charge in [-0.3, -0.25) is 5.43 Å². The zero-order valence-corrected chi connectivity index (χ0v) is 17.6. The van der Waals surface area contributed by atoms with Gasteiger partial charge in [0.25, 0.3) is 0 Å². The topological polar surface area (TPSA) is 108 Å². The van der Waals surface area contributed by atoms with Crippen LogP contribution in [0.3, 0.4) is 0 Å². The summed E-state index contributed by atoms with van der Waals surface area (Å²) in [6.07, 6.45) is 1.42. The first-order valence-corrected chi connectivity index (χ1v) is 9.85. The van der Waals surface area contributed by atoms with Crippen molar-refractivity contribution in [1.82, 2.24) is 4.98 Å². The number of nitrogens with two attached hydrogens (primary N) is 1. The number of hydrazone groups is 1. The van der Waals surface area contributed by atoms with Crippen molar-refractivity contribution in [2.24, 2.45) is 5.10 Å². The maximum atomic E-state index is 11.7.